The minimum atomic E-state index is 0.0314. The van der Waals surface area contributed by atoms with Crippen molar-refractivity contribution in [2.45, 2.75) is 39.2 Å². The van der Waals surface area contributed by atoms with Crippen LogP contribution in [0.1, 0.15) is 30.7 Å². The van der Waals surface area contributed by atoms with E-state index in [4.69, 9.17) is 4.74 Å². The lowest BCUT2D eigenvalue weighted by atomic mass is 10.3. The Morgan fingerprint density at radius 1 is 1.26 bits per heavy atom. The van der Waals surface area contributed by atoms with Crippen LogP contribution in [0.15, 0.2) is 6.07 Å². The number of ether oxygens (including phenoxy) is 1. The first kappa shape index (κ1) is 12.4. The molecule has 5 heteroatoms. The molecule has 0 unspecified atom stereocenters. The van der Waals surface area contributed by atoms with Crippen LogP contribution < -0.4 is 4.74 Å². The smallest absolute Gasteiger partial charge is 0.317 e. The van der Waals surface area contributed by atoms with Crippen LogP contribution >= 0.6 is 0 Å². The Morgan fingerprint density at radius 2 is 1.95 bits per heavy atom. The lowest BCUT2D eigenvalue weighted by Crippen LogP contribution is -2.32. The maximum absolute atomic E-state index is 12.0. The van der Waals surface area contributed by atoms with E-state index in [1.165, 1.54) is 0 Å². The van der Waals surface area contributed by atoms with Gasteiger partial charge in [0.1, 0.15) is 6.10 Å². The molecular formula is C14H19N3O2. The maximum atomic E-state index is 12.0. The Labute approximate surface area is 113 Å². The Bertz CT molecular complexity index is 479. The fourth-order valence-electron chi connectivity index (χ4n) is 2.51. The predicted octanol–water partition coefficient (Wildman–Crippen LogP) is 1.48. The van der Waals surface area contributed by atoms with Gasteiger partial charge in [-0.2, -0.15) is 0 Å². The van der Waals surface area contributed by atoms with Crippen LogP contribution in [0.3, 0.4) is 0 Å². The minimum absolute atomic E-state index is 0.0314. The second-order valence-electron chi connectivity index (χ2n) is 5.52. The highest BCUT2D eigenvalue weighted by atomic mass is 16.5. The highest BCUT2D eigenvalue weighted by Gasteiger charge is 2.37. The quantitative estimate of drug-likeness (QED) is 0.827. The van der Waals surface area contributed by atoms with Gasteiger partial charge in [0.2, 0.25) is 5.91 Å². The second-order valence-corrected chi connectivity index (χ2v) is 5.52. The summed E-state index contributed by atoms with van der Waals surface area (Å²) in [5, 5.41) is 0. The fourth-order valence-corrected chi connectivity index (χ4v) is 2.51. The first-order valence-corrected chi connectivity index (χ1v) is 6.89. The Hall–Kier alpha value is -1.65. The van der Waals surface area contributed by atoms with Crippen LogP contribution in [0.4, 0.5) is 0 Å². The standard InChI is InChI=1S/C14H19N3O2/c1-9-7-10(2)16-14(15-9)19-12-5-6-17(8-12)13(18)11-3-4-11/h7,11-12H,3-6,8H2,1-2H3/t12-/m0/s1. The van der Waals surface area contributed by atoms with Gasteiger partial charge in [-0.15, -0.1) is 0 Å². The molecule has 3 rings (SSSR count). The van der Waals surface area contributed by atoms with E-state index in [2.05, 4.69) is 9.97 Å². The highest BCUT2D eigenvalue weighted by molar-refractivity contribution is 5.81. The number of aromatic nitrogens is 2. The maximum Gasteiger partial charge on any atom is 0.317 e. The van der Waals surface area contributed by atoms with Gasteiger partial charge in [0, 0.05) is 30.3 Å². The minimum Gasteiger partial charge on any atom is -0.458 e. The lowest BCUT2D eigenvalue weighted by molar-refractivity contribution is -0.131. The molecule has 1 atom stereocenters. The number of hydrogen-bond donors (Lipinski definition) is 0. The van der Waals surface area contributed by atoms with Crippen molar-refractivity contribution in [2.24, 2.45) is 5.92 Å². The summed E-state index contributed by atoms with van der Waals surface area (Å²) in [5.41, 5.74) is 1.82. The molecule has 1 aliphatic heterocycles. The number of likely N-dealkylation sites (tertiary alicyclic amines) is 1. The second kappa shape index (κ2) is 4.79. The van der Waals surface area contributed by atoms with E-state index < -0.39 is 0 Å². The Kier molecular flexibility index (Phi) is 3.12. The summed E-state index contributed by atoms with van der Waals surface area (Å²) in [6, 6.07) is 2.35. The van der Waals surface area contributed by atoms with Gasteiger partial charge in [0.15, 0.2) is 0 Å². The molecule has 1 amide bonds. The number of rotatable bonds is 3. The summed E-state index contributed by atoms with van der Waals surface area (Å²) in [5.74, 6) is 0.587. The molecule has 2 fully saturated rings. The first-order valence-electron chi connectivity index (χ1n) is 6.89. The third-order valence-corrected chi connectivity index (χ3v) is 3.62. The number of carbonyl (C=O) groups is 1. The van der Waals surface area contributed by atoms with E-state index in [0.29, 0.717) is 18.5 Å². The van der Waals surface area contributed by atoms with Crippen LogP contribution in [0.5, 0.6) is 6.01 Å². The SMILES string of the molecule is Cc1cc(C)nc(O[C@H]2CCN(C(=O)C3CC3)C2)n1. The van der Waals surface area contributed by atoms with E-state index in [-0.39, 0.29) is 12.0 Å². The molecule has 0 radical (unpaired) electrons. The van der Waals surface area contributed by atoms with Gasteiger partial charge in [-0.05, 0) is 32.8 Å². The van der Waals surface area contributed by atoms with Crippen LogP contribution in [0, 0.1) is 19.8 Å². The van der Waals surface area contributed by atoms with E-state index in [9.17, 15) is 4.79 Å². The molecule has 2 heterocycles. The number of hydrogen-bond acceptors (Lipinski definition) is 4. The zero-order chi connectivity index (χ0) is 13.4. The summed E-state index contributed by atoms with van der Waals surface area (Å²) in [6.45, 7) is 5.33. The third kappa shape index (κ3) is 2.85. The van der Waals surface area contributed by atoms with E-state index in [0.717, 1.165) is 37.2 Å². The molecule has 2 aliphatic rings. The van der Waals surface area contributed by atoms with Crippen LogP contribution in [0.2, 0.25) is 0 Å². The molecule has 5 nitrogen and oxygen atoms in total. The van der Waals surface area contributed by atoms with Crippen molar-refractivity contribution in [3.05, 3.63) is 17.5 Å². The summed E-state index contributed by atoms with van der Waals surface area (Å²) >= 11 is 0. The molecule has 102 valence electrons. The monoisotopic (exact) mass is 261 g/mol. The van der Waals surface area contributed by atoms with Gasteiger partial charge in [0.05, 0.1) is 6.54 Å². The fraction of sp³-hybridized carbons (Fsp3) is 0.643. The van der Waals surface area contributed by atoms with Crippen molar-refractivity contribution in [2.75, 3.05) is 13.1 Å². The number of amides is 1. The van der Waals surface area contributed by atoms with Gasteiger partial charge >= 0.3 is 6.01 Å². The van der Waals surface area contributed by atoms with Crippen LogP contribution in [-0.4, -0.2) is 40.0 Å². The highest BCUT2D eigenvalue weighted by Crippen LogP contribution is 2.32. The molecule has 19 heavy (non-hydrogen) atoms. The van der Waals surface area contributed by atoms with Crippen molar-refractivity contribution in [1.29, 1.82) is 0 Å². The largest absolute Gasteiger partial charge is 0.458 e. The van der Waals surface area contributed by atoms with Gasteiger partial charge in [0.25, 0.3) is 0 Å². The molecule has 1 saturated heterocycles. The van der Waals surface area contributed by atoms with Crippen molar-refractivity contribution in [1.82, 2.24) is 14.9 Å². The Balaban J connectivity index is 1.60. The van der Waals surface area contributed by atoms with Gasteiger partial charge < -0.3 is 9.64 Å². The van der Waals surface area contributed by atoms with E-state index in [1.54, 1.807) is 0 Å². The number of nitrogens with zero attached hydrogens (tertiary/aromatic N) is 3. The zero-order valence-corrected chi connectivity index (χ0v) is 11.4. The molecule has 1 saturated carbocycles. The number of aryl methyl sites for hydroxylation is 2. The normalized spacial score (nSPS) is 22.6. The van der Waals surface area contributed by atoms with E-state index >= 15 is 0 Å². The zero-order valence-electron chi connectivity index (χ0n) is 11.4. The topological polar surface area (TPSA) is 55.3 Å². The molecule has 1 aliphatic carbocycles. The van der Waals surface area contributed by atoms with Crippen molar-refractivity contribution in [3.8, 4) is 6.01 Å². The summed E-state index contributed by atoms with van der Waals surface area (Å²) < 4.78 is 5.80. The lowest BCUT2D eigenvalue weighted by Gasteiger charge is -2.16. The predicted molar refractivity (Wildman–Crippen MR) is 69.8 cm³/mol. The molecule has 0 bridgehead atoms. The Morgan fingerprint density at radius 3 is 2.58 bits per heavy atom. The van der Waals surface area contributed by atoms with Crippen molar-refractivity contribution < 1.29 is 9.53 Å². The van der Waals surface area contributed by atoms with Crippen LogP contribution in [-0.2, 0) is 4.79 Å². The molecule has 0 aromatic carbocycles. The van der Waals surface area contributed by atoms with Gasteiger partial charge in [-0.1, -0.05) is 0 Å². The van der Waals surface area contributed by atoms with Crippen LogP contribution in [0.25, 0.3) is 0 Å². The van der Waals surface area contributed by atoms with Crippen molar-refractivity contribution in [3.63, 3.8) is 0 Å². The average molecular weight is 261 g/mol. The molecule has 1 aromatic heterocycles. The molecule has 0 N–H and O–H groups in total. The number of carbonyl (C=O) groups excluding carboxylic acids is 1. The van der Waals surface area contributed by atoms with Crippen molar-refractivity contribution >= 4 is 5.91 Å². The first-order chi connectivity index (χ1) is 9.11. The molecule has 1 aromatic rings. The average Bonchev–Trinajstić information content (AvgIpc) is 3.08. The summed E-state index contributed by atoms with van der Waals surface area (Å²) in [7, 11) is 0. The molecular weight excluding hydrogens is 242 g/mol. The van der Waals surface area contributed by atoms with E-state index in [1.807, 2.05) is 24.8 Å². The summed E-state index contributed by atoms with van der Waals surface area (Å²) in [6.07, 6.45) is 3.01. The summed E-state index contributed by atoms with van der Waals surface area (Å²) in [4.78, 5) is 22.4. The third-order valence-electron chi connectivity index (χ3n) is 3.62. The van der Waals surface area contributed by atoms with Gasteiger partial charge in [-0.3, -0.25) is 4.79 Å². The molecule has 0 spiro atoms. The van der Waals surface area contributed by atoms with Gasteiger partial charge in [-0.25, -0.2) is 9.97 Å².